The van der Waals surface area contributed by atoms with Gasteiger partial charge >= 0.3 is 0 Å². The van der Waals surface area contributed by atoms with Gasteiger partial charge in [0.1, 0.15) is 18.2 Å². The molecule has 0 aromatic heterocycles. The van der Waals surface area contributed by atoms with E-state index in [0.29, 0.717) is 29.0 Å². The van der Waals surface area contributed by atoms with Gasteiger partial charge in [0.2, 0.25) is 0 Å². The first kappa shape index (κ1) is 19.3. The summed E-state index contributed by atoms with van der Waals surface area (Å²) in [6.07, 6.45) is 0. The molecule has 0 radical (unpaired) electrons. The first-order valence-corrected chi connectivity index (χ1v) is 8.49. The second-order valence-corrected chi connectivity index (χ2v) is 6.14. The highest BCUT2D eigenvalue weighted by molar-refractivity contribution is 9.10. The van der Waals surface area contributed by atoms with Crippen molar-refractivity contribution in [2.24, 2.45) is 0 Å². The number of benzene rings is 2. The summed E-state index contributed by atoms with van der Waals surface area (Å²) in [5.41, 5.74) is 0.569. The molecule has 1 amide bonds. The van der Waals surface area contributed by atoms with Gasteiger partial charge in [0, 0.05) is 12.7 Å². The number of halogens is 2. The van der Waals surface area contributed by atoms with Crippen LogP contribution in [0.4, 0.5) is 10.1 Å². The number of hydrogen-bond acceptors (Lipinski definition) is 4. The third kappa shape index (κ3) is 5.77. The molecule has 2 aromatic rings. The van der Waals surface area contributed by atoms with Crippen molar-refractivity contribution in [1.82, 2.24) is 5.32 Å². The topological polar surface area (TPSA) is 59.6 Å². The van der Waals surface area contributed by atoms with Crippen molar-refractivity contribution in [1.29, 1.82) is 0 Å². The predicted molar refractivity (Wildman–Crippen MR) is 102 cm³/mol. The third-order valence-corrected chi connectivity index (χ3v) is 3.91. The molecule has 0 aliphatic rings. The van der Waals surface area contributed by atoms with Crippen molar-refractivity contribution in [2.45, 2.75) is 0 Å². The van der Waals surface area contributed by atoms with Crippen molar-refractivity contribution in [3.8, 4) is 5.75 Å². The smallest absolute Gasteiger partial charge is 0.257 e. The minimum atomic E-state index is -0.459. The summed E-state index contributed by atoms with van der Waals surface area (Å²) in [5, 5.41) is 5.16. The van der Waals surface area contributed by atoms with Gasteiger partial charge < -0.3 is 14.8 Å². The Labute approximate surface area is 158 Å². The molecule has 132 valence electrons. The Morgan fingerprint density at radius 3 is 2.68 bits per heavy atom. The SMILES string of the molecule is COCCOc1ccc(C(=O)NC(=S)Nc2ccccc2F)cc1Br. The van der Waals surface area contributed by atoms with Crippen LogP contribution < -0.4 is 15.4 Å². The minimum absolute atomic E-state index is 0.00615. The number of amides is 1. The maximum atomic E-state index is 13.6. The predicted octanol–water partition coefficient (Wildman–Crippen LogP) is 3.74. The van der Waals surface area contributed by atoms with E-state index in [9.17, 15) is 9.18 Å². The van der Waals surface area contributed by atoms with Gasteiger partial charge in [-0.1, -0.05) is 12.1 Å². The van der Waals surface area contributed by atoms with Gasteiger partial charge in [0.15, 0.2) is 5.11 Å². The van der Waals surface area contributed by atoms with Gasteiger partial charge in [-0.15, -0.1) is 0 Å². The quantitative estimate of drug-likeness (QED) is 0.544. The molecule has 0 saturated heterocycles. The number of carbonyl (C=O) groups is 1. The summed E-state index contributed by atoms with van der Waals surface area (Å²) in [6.45, 7) is 0.863. The summed E-state index contributed by atoms with van der Waals surface area (Å²) in [5.74, 6) is -0.280. The van der Waals surface area contributed by atoms with Crippen LogP contribution in [0.1, 0.15) is 10.4 Å². The van der Waals surface area contributed by atoms with Crippen molar-refractivity contribution in [2.75, 3.05) is 25.6 Å². The van der Waals surface area contributed by atoms with E-state index in [2.05, 4.69) is 26.6 Å². The number of anilines is 1. The zero-order chi connectivity index (χ0) is 18.2. The van der Waals surface area contributed by atoms with Crippen LogP contribution in [0.25, 0.3) is 0 Å². The van der Waals surface area contributed by atoms with E-state index in [-0.39, 0.29) is 10.8 Å². The molecule has 2 aromatic carbocycles. The van der Waals surface area contributed by atoms with E-state index >= 15 is 0 Å². The molecule has 0 aliphatic heterocycles. The number of para-hydroxylation sites is 1. The lowest BCUT2D eigenvalue weighted by Crippen LogP contribution is -2.34. The molecule has 25 heavy (non-hydrogen) atoms. The summed E-state index contributed by atoms with van der Waals surface area (Å²) >= 11 is 8.39. The van der Waals surface area contributed by atoms with Crippen LogP contribution in [0.2, 0.25) is 0 Å². The van der Waals surface area contributed by atoms with Crippen LogP contribution in [0.15, 0.2) is 46.9 Å². The maximum absolute atomic E-state index is 13.6. The average Bonchev–Trinajstić information content (AvgIpc) is 2.58. The molecule has 0 aliphatic carbocycles. The van der Waals surface area contributed by atoms with Crippen LogP contribution in [0.3, 0.4) is 0 Å². The average molecular weight is 427 g/mol. The van der Waals surface area contributed by atoms with Crippen LogP contribution in [0, 0.1) is 5.82 Å². The fraction of sp³-hybridized carbons (Fsp3) is 0.176. The van der Waals surface area contributed by atoms with Gasteiger partial charge in [-0.05, 0) is 58.5 Å². The molecule has 0 atom stereocenters. The van der Waals surface area contributed by atoms with Gasteiger partial charge in [0.05, 0.1) is 16.8 Å². The molecule has 0 spiro atoms. The highest BCUT2D eigenvalue weighted by atomic mass is 79.9. The van der Waals surface area contributed by atoms with E-state index < -0.39 is 11.7 Å². The molecule has 0 fully saturated rings. The molecule has 2 N–H and O–H groups in total. The molecule has 5 nitrogen and oxygen atoms in total. The highest BCUT2D eigenvalue weighted by Gasteiger charge is 2.12. The number of hydrogen-bond donors (Lipinski definition) is 2. The lowest BCUT2D eigenvalue weighted by Gasteiger charge is -2.12. The molecule has 8 heteroatoms. The third-order valence-electron chi connectivity index (χ3n) is 3.09. The highest BCUT2D eigenvalue weighted by Crippen LogP contribution is 2.26. The monoisotopic (exact) mass is 426 g/mol. The Bertz CT molecular complexity index is 773. The van der Waals surface area contributed by atoms with Crippen LogP contribution in [-0.2, 0) is 4.74 Å². The van der Waals surface area contributed by atoms with E-state index in [1.54, 1.807) is 37.4 Å². The summed E-state index contributed by atoms with van der Waals surface area (Å²) < 4.78 is 24.6. The Balaban J connectivity index is 1.97. The zero-order valence-electron chi connectivity index (χ0n) is 13.3. The van der Waals surface area contributed by atoms with Crippen molar-refractivity contribution in [3.63, 3.8) is 0 Å². The molecular weight excluding hydrogens is 411 g/mol. The fourth-order valence-electron chi connectivity index (χ4n) is 1.89. The Morgan fingerprint density at radius 1 is 1.24 bits per heavy atom. The number of methoxy groups -OCH3 is 1. The van der Waals surface area contributed by atoms with Crippen LogP contribution in [0.5, 0.6) is 5.75 Å². The number of carbonyl (C=O) groups excluding carboxylic acids is 1. The van der Waals surface area contributed by atoms with Crippen molar-refractivity contribution < 1.29 is 18.7 Å². The molecule has 0 bridgehead atoms. The first-order chi connectivity index (χ1) is 12.0. The van der Waals surface area contributed by atoms with Gasteiger partial charge in [-0.25, -0.2) is 4.39 Å². The number of nitrogens with one attached hydrogen (secondary N) is 2. The van der Waals surface area contributed by atoms with Gasteiger partial charge in [0.25, 0.3) is 5.91 Å². The van der Waals surface area contributed by atoms with Gasteiger partial charge in [-0.3, -0.25) is 10.1 Å². The Hall–Kier alpha value is -2.03. The van der Waals surface area contributed by atoms with E-state index in [1.807, 2.05) is 0 Å². The minimum Gasteiger partial charge on any atom is -0.490 e. The normalized spacial score (nSPS) is 10.2. The molecule has 0 saturated carbocycles. The van der Waals surface area contributed by atoms with Crippen LogP contribution in [-0.4, -0.2) is 31.3 Å². The fourth-order valence-corrected chi connectivity index (χ4v) is 2.58. The van der Waals surface area contributed by atoms with Crippen molar-refractivity contribution in [3.05, 3.63) is 58.3 Å². The van der Waals surface area contributed by atoms with E-state index in [1.165, 1.54) is 12.1 Å². The molecule has 0 heterocycles. The second-order valence-electron chi connectivity index (χ2n) is 4.87. The molecular formula is C17H16BrFN2O3S. The number of thiocarbonyl (C=S) groups is 1. The van der Waals surface area contributed by atoms with Gasteiger partial charge in [-0.2, -0.15) is 0 Å². The Morgan fingerprint density at radius 2 is 2.00 bits per heavy atom. The summed E-state index contributed by atoms with van der Waals surface area (Å²) in [4.78, 5) is 12.2. The first-order valence-electron chi connectivity index (χ1n) is 7.29. The maximum Gasteiger partial charge on any atom is 0.257 e. The number of rotatable bonds is 6. The van der Waals surface area contributed by atoms with E-state index in [4.69, 9.17) is 21.7 Å². The standard InChI is InChI=1S/C17H16BrFN2O3S/c1-23-8-9-24-15-7-6-11(10-12(15)18)16(22)21-17(25)20-14-5-3-2-4-13(14)19/h2-7,10H,8-9H2,1H3,(H2,20,21,22,25). The lowest BCUT2D eigenvalue weighted by molar-refractivity contribution is 0.0977. The largest absolute Gasteiger partial charge is 0.490 e. The Kier molecular flexibility index (Phi) is 7.30. The second kappa shape index (κ2) is 9.45. The zero-order valence-corrected chi connectivity index (χ0v) is 15.7. The number of ether oxygens (including phenoxy) is 2. The molecule has 2 rings (SSSR count). The lowest BCUT2D eigenvalue weighted by atomic mass is 10.2. The summed E-state index contributed by atoms with van der Waals surface area (Å²) in [7, 11) is 1.59. The van der Waals surface area contributed by atoms with E-state index in [0.717, 1.165) is 0 Å². The van der Waals surface area contributed by atoms with Crippen molar-refractivity contribution >= 4 is 44.9 Å². The summed E-state index contributed by atoms with van der Waals surface area (Å²) in [6, 6.07) is 10.9. The molecule has 0 unspecified atom stereocenters. The van der Waals surface area contributed by atoms with Crippen LogP contribution >= 0.6 is 28.1 Å².